The molecule has 100 valence electrons. The van der Waals surface area contributed by atoms with Gasteiger partial charge in [-0.15, -0.1) is 0 Å². The second-order valence-electron chi connectivity index (χ2n) is 4.44. The van der Waals surface area contributed by atoms with Crippen LogP contribution < -0.4 is 0 Å². The quantitative estimate of drug-likeness (QED) is 0.623. The van der Waals surface area contributed by atoms with Crippen LogP contribution in [0, 0.1) is 13.8 Å². The maximum absolute atomic E-state index is 12.3. The zero-order chi connectivity index (χ0) is 14.0. The van der Waals surface area contributed by atoms with Crippen molar-refractivity contribution < 1.29 is 4.79 Å². The Kier molecular flexibility index (Phi) is 3.64. The van der Waals surface area contributed by atoms with E-state index in [9.17, 15) is 4.79 Å². The molecule has 0 radical (unpaired) electrons. The third-order valence-corrected chi connectivity index (χ3v) is 3.19. The molecule has 0 bridgehead atoms. The van der Waals surface area contributed by atoms with Crippen molar-refractivity contribution >= 4 is 11.9 Å². The molecule has 0 N–H and O–H groups in total. The van der Waals surface area contributed by atoms with Gasteiger partial charge in [-0.05, 0) is 39.0 Å². The molecule has 0 unspecified atom stereocenters. The van der Waals surface area contributed by atoms with Crippen LogP contribution in [0.4, 0.5) is 0 Å². The molecule has 0 atom stereocenters. The van der Waals surface area contributed by atoms with E-state index < -0.39 is 0 Å². The molecule has 5 heteroatoms. The summed E-state index contributed by atoms with van der Waals surface area (Å²) in [7, 11) is 1.84. The van der Waals surface area contributed by atoms with Crippen molar-refractivity contribution in [2.75, 3.05) is 0 Å². The number of rotatable bonds is 4. The first kappa shape index (κ1) is 13.3. The summed E-state index contributed by atoms with van der Waals surface area (Å²) in [6.45, 7) is 6.57. The van der Waals surface area contributed by atoms with Crippen molar-refractivity contribution in [1.29, 1.82) is 0 Å². The van der Waals surface area contributed by atoms with Gasteiger partial charge in [0.15, 0.2) is 5.78 Å². The van der Waals surface area contributed by atoms with E-state index in [1.165, 1.54) is 0 Å². The summed E-state index contributed by atoms with van der Waals surface area (Å²) in [5, 5.41) is 8.41. The number of hydrogen-bond acceptors (Lipinski definition) is 3. The minimum Gasteiger partial charge on any atom is -0.289 e. The highest BCUT2D eigenvalue weighted by Crippen LogP contribution is 2.15. The molecule has 0 aromatic carbocycles. The Hall–Kier alpha value is -2.17. The number of aryl methyl sites for hydroxylation is 3. The molecule has 2 heterocycles. The first-order valence-electron chi connectivity index (χ1n) is 6.29. The van der Waals surface area contributed by atoms with Gasteiger partial charge in [-0.25, -0.2) is 0 Å². The molecule has 0 aliphatic carbocycles. The minimum absolute atomic E-state index is 0.0177. The summed E-state index contributed by atoms with van der Waals surface area (Å²) in [5.41, 5.74) is 3.28. The van der Waals surface area contributed by atoms with Crippen molar-refractivity contribution in [3.63, 3.8) is 0 Å². The number of hydrogen-bond donors (Lipinski definition) is 0. The van der Waals surface area contributed by atoms with Gasteiger partial charge in [-0.1, -0.05) is 0 Å². The average Bonchev–Trinajstić information content (AvgIpc) is 2.90. The minimum atomic E-state index is -0.0177. The van der Waals surface area contributed by atoms with Gasteiger partial charge in [-0.3, -0.25) is 14.2 Å². The van der Waals surface area contributed by atoms with Gasteiger partial charge in [0.05, 0.1) is 17.0 Å². The van der Waals surface area contributed by atoms with Crippen LogP contribution in [-0.2, 0) is 13.6 Å². The smallest absolute Gasteiger partial charge is 0.189 e. The normalized spacial score (nSPS) is 11.4. The number of carbonyl (C=O) groups excluding carboxylic acids is 1. The Morgan fingerprint density at radius 3 is 2.68 bits per heavy atom. The molecule has 19 heavy (non-hydrogen) atoms. The topological polar surface area (TPSA) is 52.7 Å². The summed E-state index contributed by atoms with van der Waals surface area (Å²) < 4.78 is 3.57. The van der Waals surface area contributed by atoms with E-state index >= 15 is 0 Å². The predicted molar refractivity (Wildman–Crippen MR) is 73.9 cm³/mol. The third-order valence-electron chi connectivity index (χ3n) is 3.19. The van der Waals surface area contributed by atoms with E-state index in [0.717, 1.165) is 23.6 Å². The van der Waals surface area contributed by atoms with Crippen molar-refractivity contribution in [2.45, 2.75) is 27.3 Å². The Labute approximate surface area is 112 Å². The highest BCUT2D eigenvalue weighted by molar-refractivity contribution is 6.08. The van der Waals surface area contributed by atoms with Gasteiger partial charge in [0.25, 0.3) is 0 Å². The van der Waals surface area contributed by atoms with Crippen LogP contribution in [0.15, 0.2) is 18.3 Å². The maximum atomic E-state index is 12.3. The van der Waals surface area contributed by atoms with Crippen LogP contribution in [0.5, 0.6) is 0 Å². The predicted octanol–water partition coefficient (Wildman–Crippen LogP) is 2.15. The second kappa shape index (κ2) is 5.22. The lowest BCUT2D eigenvalue weighted by Crippen LogP contribution is -2.02. The lowest BCUT2D eigenvalue weighted by Gasteiger charge is -1.99. The summed E-state index contributed by atoms with van der Waals surface area (Å²) in [6.07, 6.45) is 5.06. The molecule has 0 amide bonds. The van der Waals surface area contributed by atoms with Crippen LogP contribution in [0.25, 0.3) is 6.08 Å². The Balaban J connectivity index is 2.28. The molecule has 5 nitrogen and oxygen atoms in total. The van der Waals surface area contributed by atoms with Crippen molar-refractivity contribution in [2.24, 2.45) is 7.05 Å². The van der Waals surface area contributed by atoms with E-state index in [2.05, 4.69) is 10.2 Å². The van der Waals surface area contributed by atoms with Gasteiger partial charge < -0.3 is 0 Å². The van der Waals surface area contributed by atoms with Crippen LogP contribution in [-0.4, -0.2) is 25.3 Å². The van der Waals surface area contributed by atoms with Gasteiger partial charge in [0.1, 0.15) is 0 Å². The Morgan fingerprint density at radius 1 is 1.42 bits per heavy atom. The molecule has 2 rings (SSSR count). The van der Waals surface area contributed by atoms with E-state index in [-0.39, 0.29) is 5.78 Å². The van der Waals surface area contributed by atoms with Crippen LogP contribution in [0.2, 0.25) is 0 Å². The number of ketones is 1. The maximum Gasteiger partial charge on any atom is 0.189 e. The third kappa shape index (κ3) is 2.50. The fourth-order valence-corrected chi connectivity index (χ4v) is 2.15. The molecule has 2 aromatic rings. The fourth-order valence-electron chi connectivity index (χ4n) is 2.15. The van der Waals surface area contributed by atoms with Crippen molar-refractivity contribution in [3.05, 3.63) is 41.0 Å². The SMILES string of the molecule is CCn1nc(C)c(C(=O)/C=C/c2ccnn2C)c1C. The zero-order valence-electron chi connectivity index (χ0n) is 11.7. The second-order valence-corrected chi connectivity index (χ2v) is 4.44. The molecule has 0 saturated heterocycles. The van der Waals surface area contributed by atoms with Gasteiger partial charge >= 0.3 is 0 Å². The van der Waals surface area contributed by atoms with E-state index in [1.54, 1.807) is 23.0 Å². The number of nitrogens with zero attached hydrogens (tertiary/aromatic N) is 4. The highest BCUT2D eigenvalue weighted by atomic mass is 16.1. The molecule has 0 spiro atoms. The highest BCUT2D eigenvalue weighted by Gasteiger charge is 2.15. The van der Waals surface area contributed by atoms with Crippen molar-refractivity contribution in [3.8, 4) is 0 Å². The standard InChI is InChI=1S/C14H18N4O/c1-5-18-11(3)14(10(2)16-18)13(19)7-6-12-8-9-15-17(12)4/h6-9H,5H2,1-4H3/b7-6+. The van der Waals surface area contributed by atoms with Crippen molar-refractivity contribution in [1.82, 2.24) is 19.6 Å². The van der Waals surface area contributed by atoms with Crippen LogP contribution >= 0.6 is 0 Å². The molecular formula is C14H18N4O. The molecular weight excluding hydrogens is 240 g/mol. The first-order chi connectivity index (χ1) is 9.04. The molecule has 0 saturated carbocycles. The monoisotopic (exact) mass is 258 g/mol. The molecule has 0 fully saturated rings. The zero-order valence-corrected chi connectivity index (χ0v) is 11.7. The molecule has 0 aliphatic heterocycles. The van der Waals surface area contributed by atoms with E-state index in [1.807, 2.05) is 38.6 Å². The van der Waals surface area contributed by atoms with E-state index in [0.29, 0.717) is 5.56 Å². The summed E-state index contributed by atoms with van der Waals surface area (Å²) in [4.78, 5) is 12.3. The van der Waals surface area contributed by atoms with Gasteiger partial charge in [-0.2, -0.15) is 10.2 Å². The summed E-state index contributed by atoms with van der Waals surface area (Å²) in [6, 6.07) is 1.86. The summed E-state index contributed by atoms with van der Waals surface area (Å²) >= 11 is 0. The lowest BCUT2D eigenvalue weighted by atomic mass is 10.1. The lowest BCUT2D eigenvalue weighted by molar-refractivity contribution is 0.104. The fraction of sp³-hybridized carbons (Fsp3) is 0.357. The largest absolute Gasteiger partial charge is 0.289 e. The summed E-state index contributed by atoms with van der Waals surface area (Å²) in [5.74, 6) is -0.0177. The van der Waals surface area contributed by atoms with Gasteiger partial charge in [0, 0.05) is 25.5 Å². The van der Waals surface area contributed by atoms with E-state index in [4.69, 9.17) is 0 Å². The average molecular weight is 258 g/mol. The number of aromatic nitrogens is 4. The number of allylic oxidation sites excluding steroid dienone is 1. The van der Waals surface area contributed by atoms with Crippen LogP contribution in [0.3, 0.4) is 0 Å². The van der Waals surface area contributed by atoms with Gasteiger partial charge in [0.2, 0.25) is 0 Å². The van der Waals surface area contributed by atoms with Crippen LogP contribution in [0.1, 0.15) is 34.4 Å². The number of carbonyl (C=O) groups is 1. The molecule has 0 aliphatic rings. The first-order valence-corrected chi connectivity index (χ1v) is 6.29. The molecule has 2 aromatic heterocycles. The Morgan fingerprint density at radius 2 is 2.16 bits per heavy atom. The Bertz CT molecular complexity index is 634.